The minimum atomic E-state index is -3.49. The lowest BCUT2D eigenvalue weighted by atomic mass is 9.82. The average Bonchev–Trinajstić information content (AvgIpc) is 3.87. The first kappa shape index (κ1) is 37.4. The number of fused-ring (bicyclic) bond motifs is 4. The van der Waals surface area contributed by atoms with E-state index >= 15 is 8.90 Å². The molecule has 0 saturated carbocycles. The summed E-state index contributed by atoms with van der Waals surface area (Å²) in [4.78, 5) is 44.0. The lowest BCUT2D eigenvalue weighted by Gasteiger charge is -2.31. The molecule has 1 saturated heterocycles. The number of hydrogen-bond donors (Lipinski definition) is 1. The molecular formula is C43H41FN8O5Si. The minimum Gasteiger partial charge on any atom is -0.396 e. The SMILES string of the molecule is C[C@@H]1[C@@H]([Si](C)(C)F)[C@H](CCn2cc(CCO)nn2)O[C@@]12C(=O)N(Cc1ccc(-n3ncc4ccccc4c3=O)cc1)c1ccc(-n3ncc4ccccc4c3=O)cc12. The molecular weight excluding hydrogens is 756 g/mol. The zero-order valence-corrected chi connectivity index (χ0v) is 33.2. The second kappa shape index (κ2) is 14.3. The molecule has 4 aromatic carbocycles. The molecule has 15 heteroatoms. The lowest BCUT2D eigenvalue weighted by molar-refractivity contribution is -0.146. The number of carbonyl (C=O) groups excluding carboxylic acids is 1. The molecule has 13 nitrogen and oxygen atoms in total. The lowest BCUT2D eigenvalue weighted by Crippen LogP contribution is -2.45. The largest absolute Gasteiger partial charge is 0.396 e. The van der Waals surface area contributed by atoms with Crippen molar-refractivity contribution < 1.29 is 18.7 Å². The first-order valence-corrected chi connectivity index (χ1v) is 22.3. The maximum atomic E-state index is 16.6. The predicted octanol–water partition coefficient (Wildman–Crippen LogP) is 5.62. The van der Waals surface area contributed by atoms with E-state index in [0.717, 1.165) is 10.9 Å². The highest BCUT2D eigenvalue weighted by molar-refractivity contribution is 6.72. The first-order chi connectivity index (χ1) is 28.0. The smallest absolute Gasteiger partial charge is 0.279 e. The number of hydrogen-bond acceptors (Lipinski definition) is 9. The van der Waals surface area contributed by atoms with Crippen LogP contribution < -0.4 is 16.0 Å². The molecule has 1 N–H and O–H groups in total. The Balaban J connectivity index is 1.11. The Morgan fingerprint density at radius 2 is 1.47 bits per heavy atom. The number of aliphatic hydroxyl groups is 1. The van der Waals surface area contributed by atoms with Crippen LogP contribution in [0.15, 0.2) is 119 Å². The van der Waals surface area contributed by atoms with Crippen molar-refractivity contribution in [1.82, 2.24) is 34.6 Å². The van der Waals surface area contributed by atoms with Crippen LogP contribution in [0.5, 0.6) is 0 Å². The fraction of sp³-hybridized carbons (Fsp3) is 0.279. The van der Waals surface area contributed by atoms with Gasteiger partial charge >= 0.3 is 0 Å². The van der Waals surface area contributed by atoms with Gasteiger partial charge < -0.3 is 18.9 Å². The van der Waals surface area contributed by atoms with Gasteiger partial charge in [0.15, 0.2) is 5.60 Å². The molecule has 9 rings (SSSR count). The van der Waals surface area contributed by atoms with Gasteiger partial charge in [0, 0.05) is 53.6 Å². The van der Waals surface area contributed by atoms with E-state index in [1.165, 1.54) is 9.36 Å². The number of aryl methyl sites for hydroxylation is 1. The zero-order valence-electron chi connectivity index (χ0n) is 32.2. The van der Waals surface area contributed by atoms with Gasteiger partial charge in [-0.2, -0.15) is 19.6 Å². The average molecular weight is 797 g/mol. The van der Waals surface area contributed by atoms with Gasteiger partial charge in [-0.05, 0) is 67.5 Å². The second-order valence-electron chi connectivity index (χ2n) is 15.7. The van der Waals surface area contributed by atoms with Crippen LogP contribution in [-0.4, -0.2) is 66.7 Å². The summed E-state index contributed by atoms with van der Waals surface area (Å²) in [5.74, 6) is -0.898. The summed E-state index contributed by atoms with van der Waals surface area (Å²) in [5.41, 5.74) is 0.913. The maximum Gasteiger partial charge on any atom is 0.279 e. The van der Waals surface area contributed by atoms with Gasteiger partial charge in [0.05, 0.1) is 58.6 Å². The summed E-state index contributed by atoms with van der Waals surface area (Å²) in [6, 6.07) is 27.2. The van der Waals surface area contributed by atoms with Crippen LogP contribution in [-0.2, 0) is 34.6 Å². The highest BCUT2D eigenvalue weighted by Gasteiger charge is 2.66. The number of carbonyl (C=O) groups is 1. The van der Waals surface area contributed by atoms with Gasteiger partial charge in [0.1, 0.15) is 0 Å². The van der Waals surface area contributed by atoms with Crippen LogP contribution >= 0.6 is 0 Å². The quantitative estimate of drug-likeness (QED) is 0.137. The van der Waals surface area contributed by atoms with Gasteiger partial charge in [-0.1, -0.05) is 60.7 Å². The van der Waals surface area contributed by atoms with Gasteiger partial charge in [0.25, 0.3) is 17.0 Å². The molecule has 0 bridgehead atoms. The van der Waals surface area contributed by atoms with Crippen molar-refractivity contribution in [2.24, 2.45) is 5.92 Å². The minimum absolute atomic E-state index is 0.0547. The molecule has 7 aromatic rings. The highest BCUT2D eigenvalue weighted by atomic mass is 28.4. The van der Waals surface area contributed by atoms with E-state index in [1.807, 2.05) is 55.5 Å². The van der Waals surface area contributed by atoms with Gasteiger partial charge in [-0.3, -0.25) is 19.1 Å². The van der Waals surface area contributed by atoms with Crippen molar-refractivity contribution in [3.63, 3.8) is 0 Å². The number of amides is 1. The van der Waals surface area contributed by atoms with Gasteiger partial charge in [-0.15, -0.1) is 5.10 Å². The number of anilines is 1. The Morgan fingerprint density at radius 1 is 0.845 bits per heavy atom. The maximum absolute atomic E-state index is 16.6. The molecule has 4 atom stereocenters. The number of rotatable bonds is 10. The number of benzene rings is 4. The standard InChI is InChI=1S/C43H41FN8O5Si/c1-27-39(58(2,3)44)38(18-20-49-26-31(19-21-53)47-48-49)57-43(27)36-22-33(52-41(55)35-11-7-5-9-30(35)24-46-52)16-17-37(36)50(42(43)56)25-28-12-14-32(15-13-28)51-40(54)34-10-6-4-8-29(34)23-45-51/h4-17,22-24,26-27,38-39,53H,18-21,25H2,1-3H3/t27-,38+,39-,43+/m1/s1. The summed E-state index contributed by atoms with van der Waals surface area (Å²) >= 11 is 0. The van der Waals surface area contributed by atoms with Crippen molar-refractivity contribution in [1.29, 1.82) is 0 Å². The molecule has 1 amide bonds. The zero-order chi connectivity index (χ0) is 40.3. The van der Waals surface area contributed by atoms with Crippen LogP contribution in [0.1, 0.15) is 30.2 Å². The highest BCUT2D eigenvalue weighted by Crippen LogP contribution is 2.60. The fourth-order valence-electron chi connectivity index (χ4n) is 9.00. The van der Waals surface area contributed by atoms with Crippen molar-refractivity contribution in [2.75, 3.05) is 11.5 Å². The Kier molecular flexibility index (Phi) is 9.25. The van der Waals surface area contributed by atoms with E-state index in [2.05, 4.69) is 20.5 Å². The molecule has 0 aliphatic carbocycles. The van der Waals surface area contributed by atoms with Gasteiger partial charge in [-0.25, -0.2) is 0 Å². The van der Waals surface area contributed by atoms with E-state index < -0.39 is 31.6 Å². The van der Waals surface area contributed by atoms with Crippen molar-refractivity contribution in [3.8, 4) is 11.4 Å². The molecule has 5 heterocycles. The number of aromatic nitrogens is 7. The summed E-state index contributed by atoms with van der Waals surface area (Å²) < 4.78 is 28.0. The molecule has 0 radical (unpaired) electrons. The Morgan fingerprint density at radius 3 is 2.10 bits per heavy atom. The molecule has 2 aliphatic rings. The van der Waals surface area contributed by atoms with Crippen LogP contribution in [0, 0.1) is 5.92 Å². The third kappa shape index (κ3) is 6.17. The van der Waals surface area contributed by atoms with Gasteiger partial charge in [0.2, 0.25) is 8.41 Å². The topological polar surface area (TPSA) is 150 Å². The summed E-state index contributed by atoms with van der Waals surface area (Å²) in [6.45, 7) is 5.69. The molecule has 1 fully saturated rings. The Labute approximate surface area is 333 Å². The first-order valence-electron chi connectivity index (χ1n) is 19.3. The molecule has 1 spiro atoms. The van der Waals surface area contributed by atoms with Crippen LogP contribution in [0.3, 0.4) is 0 Å². The number of aliphatic hydroxyl groups excluding tert-OH is 1. The molecule has 2 aliphatic heterocycles. The molecule has 0 unspecified atom stereocenters. The summed E-state index contributed by atoms with van der Waals surface area (Å²) in [7, 11) is -3.49. The van der Waals surface area contributed by atoms with Crippen molar-refractivity contribution in [2.45, 2.75) is 63.2 Å². The summed E-state index contributed by atoms with van der Waals surface area (Å²) in [6.07, 6.45) is 5.15. The van der Waals surface area contributed by atoms with E-state index in [4.69, 9.17) is 4.74 Å². The molecule has 3 aromatic heterocycles. The Hall–Kier alpha value is -6.16. The van der Waals surface area contributed by atoms with Crippen molar-refractivity contribution >= 4 is 41.5 Å². The van der Waals surface area contributed by atoms with E-state index in [9.17, 15) is 14.7 Å². The van der Waals surface area contributed by atoms with Crippen molar-refractivity contribution in [3.05, 3.63) is 147 Å². The number of halogens is 1. The molecule has 294 valence electrons. The normalized spacial score (nSPS) is 20.5. The van der Waals surface area contributed by atoms with Crippen LogP contribution in [0.4, 0.5) is 9.80 Å². The Bertz CT molecular complexity index is 2840. The number of ether oxygens (including phenoxy) is 1. The van der Waals surface area contributed by atoms with E-state index in [0.29, 0.717) is 63.9 Å². The van der Waals surface area contributed by atoms with E-state index in [1.54, 1.807) is 83.7 Å². The predicted molar refractivity (Wildman–Crippen MR) is 219 cm³/mol. The second-order valence-corrected chi connectivity index (χ2v) is 19.5. The third-order valence-corrected chi connectivity index (χ3v) is 14.2. The van der Waals surface area contributed by atoms with Crippen LogP contribution in [0.2, 0.25) is 18.6 Å². The fourth-order valence-corrected chi connectivity index (χ4v) is 11.5. The third-order valence-electron chi connectivity index (χ3n) is 11.7. The summed E-state index contributed by atoms with van der Waals surface area (Å²) in [5, 5.41) is 29.1. The number of nitrogens with zero attached hydrogens (tertiary/aromatic N) is 8. The van der Waals surface area contributed by atoms with Crippen LogP contribution in [0.25, 0.3) is 32.9 Å². The molecule has 58 heavy (non-hydrogen) atoms. The monoisotopic (exact) mass is 796 g/mol. The van der Waals surface area contributed by atoms with E-state index in [-0.39, 0.29) is 30.2 Å².